The molecule has 31 heavy (non-hydrogen) atoms. The molecule has 1 aromatic carbocycles. The maximum Gasteiger partial charge on any atom is 0.341 e. The summed E-state index contributed by atoms with van der Waals surface area (Å²) in [6.07, 6.45) is 1.72. The van der Waals surface area contributed by atoms with Crippen molar-refractivity contribution in [2.24, 2.45) is 0 Å². The molecule has 0 fully saturated rings. The SMILES string of the molecule is CCCCOC(=O)c1c(-c2ccc(OC)cc2)nc2n[nH]c(C)c2c1-c1ccc(C)o1. The molecule has 3 heterocycles. The highest BCUT2D eigenvalue weighted by Crippen LogP contribution is 2.39. The van der Waals surface area contributed by atoms with Crippen LogP contribution in [0.1, 0.15) is 41.6 Å². The molecule has 0 bridgehead atoms. The molecule has 0 saturated carbocycles. The van der Waals surface area contributed by atoms with Gasteiger partial charge in [-0.25, -0.2) is 9.78 Å². The number of carbonyl (C=O) groups excluding carboxylic acids is 1. The largest absolute Gasteiger partial charge is 0.497 e. The minimum Gasteiger partial charge on any atom is -0.497 e. The third-order valence-electron chi connectivity index (χ3n) is 5.17. The lowest BCUT2D eigenvalue weighted by atomic mass is 9.96. The van der Waals surface area contributed by atoms with E-state index in [4.69, 9.17) is 18.9 Å². The van der Waals surface area contributed by atoms with Gasteiger partial charge in [0.05, 0.1) is 30.4 Å². The number of nitrogens with one attached hydrogen (secondary N) is 1. The molecule has 0 aliphatic carbocycles. The highest BCUT2D eigenvalue weighted by Gasteiger charge is 2.28. The Morgan fingerprint density at radius 3 is 2.55 bits per heavy atom. The fourth-order valence-electron chi connectivity index (χ4n) is 3.55. The van der Waals surface area contributed by atoms with E-state index in [-0.39, 0.29) is 0 Å². The van der Waals surface area contributed by atoms with Crippen LogP contribution in [0.5, 0.6) is 5.75 Å². The molecule has 1 N–H and O–H groups in total. The first-order valence-corrected chi connectivity index (χ1v) is 10.3. The van der Waals surface area contributed by atoms with Crippen molar-refractivity contribution in [1.29, 1.82) is 0 Å². The monoisotopic (exact) mass is 419 g/mol. The summed E-state index contributed by atoms with van der Waals surface area (Å²) in [6, 6.07) is 11.1. The van der Waals surface area contributed by atoms with Crippen molar-refractivity contribution in [3.8, 4) is 28.3 Å². The standard InChI is InChI=1S/C24H25N3O4/c1-5-6-13-30-24(28)21-20(18-12-7-14(2)31-18)19-15(3)26-27-23(19)25-22(21)16-8-10-17(29-4)11-9-16/h7-12H,5-6,13H2,1-4H3,(H,25,26,27). The van der Waals surface area contributed by atoms with Crippen LogP contribution in [0.4, 0.5) is 0 Å². The van der Waals surface area contributed by atoms with Gasteiger partial charge in [0.25, 0.3) is 0 Å². The van der Waals surface area contributed by atoms with Crippen LogP contribution in [-0.4, -0.2) is 34.9 Å². The van der Waals surface area contributed by atoms with Crippen LogP contribution < -0.4 is 4.74 Å². The van der Waals surface area contributed by atoms with E-state index >= 15 is 0 Å². The second kappa shape index (κ2) is 8.63. The average Bonchev–Trinajstić information content (AvgIpc) is 3.38. The van der Waals surface area contributed by atoms with E-state index in [0.29, 0.717) is 34.8 Å². The van der Waals surface area contributed by atoms with Crippen molar-refractivity contribution in [3.63, 3.8) is 0 Å². The maximum atomic E-state index is 13.4. The lowest BCUT2D eigenvalue weighted by Crippen LogP contribution is -2.11. The van der Waals surface area contributed by atoms with E-state index in [0.717, 1.165) is 41.0 Å². The number of benzene rings is 1. The summed E-state index contributed by atoms with van der Waals surface area (Å²) in [6.45, 7) is 6.16. The number of unbranched alkanes of at least 4 members (excludes halogenated alkanes) is 1. The van der Waals surface area contributed by atoms with Gasteiger partial charge < -0.3 is 13.9 Å². The number of fused-ring (bicyclic) bond motifs is 1. The molecule has 0 unspecified atom stereocenters. The molecule has 7 heteroatoms. The van der Waals surface area contributed by atoms with Crippen molar-refractivity contribution in [1.82, 2.24) is 15.2 Å². The van der Waals surface area contributed by atoms with Crippen LogP contribution in [0.15, 0.2) is 40.8 Å². The van der Waals surface area contributed by atoms with E-state index < -0.39 is 5.97 Å². The van der Waals surface area contributed by atoms with Crippen LogP contribution in [0.25, 0.3) is 33.6 Å². The molecule has 0 spiro atoms. The first-order valence-electron chi connectivity index (χ1n) is 10.3. The summed E-state index contributed by atoms with van der Waals surface area (Å²) in [5.74, 6) is 1.61. The van der Waals surface area contributed by atoms with Crippen molar-refractivity contribution in [2.75, 3.05) is 13.7 Å². The van der Waals surface area contributed by atoms with Gasteiger partial charge in [-0.3, -0.25) is 5.10 Å². The molecule has 0 atom stereocenters. The number of esters is 1. The molecular weight excluding hydrogens is 394 g/mol. The van der Waals surface area contributed by atoms with Crippen LogP contribution in [0.2, 0.25) is 0 Å². The van der Waals surface area contributed by atoms with Crippen LogP contribution >= 0.6 is 0 Å². The van der Waals surface area contributed by atoms with Crippen molar-refractivity contribution < 1.29 is 18.7 Å². The van der Waals surface area contributed by atoms with E-state index in [1.165, 1.54) is 0 Å². The second-order valence-electron chi connectivity index (χ2n) is 7.39. The average molecular weight is 419 g/mol. The summed E-state index contributed by atoms with van der Waals surface area (Å²) < 4.78 is 16.9. The number of rotatable bonds is 7. The number of hydrogen-bond acceptors (Lipinski definition) is 6. The number of furan rings is 1. The smallest absolute Gasteiger partial charge is 0.341 e. The Kier molecular flexibility index (Phi) is 5.75. The van der Waals surface area contributed by atoms with Crippen LogP contribution in [0.3, 0.4) is 0 Å². The van der Waals surface area contributed by atoms with E-state index in [9.17, 15) is 4.79 Å². The van der Waals surface area contributed by atoms with Crippen molar-refractivity contribution >= 4 is 17.0 Å². The number of aryl methyl sites for hydroxylation is 2. The van der Waals surface area contributed by atoms with Gasteiger partial charge in [0.2, 0.25) is 0 Å². The number of ether oxygens (including phenoxy) is 2. The normalized spacial score (nSPS) is 11.1. The molecule has 4 aromatic rings. The van der Waals surface area contributed by atoms with Crippen molar-refractivity contribution in [3.05, 3.63) is 53.4 Å². The molecule has 4 rings (SSSR count). The number of hydrogen-bond donors (Lipinski definition) is 1. The van der Waals surface area contributed by atoms with Gasteiger partial charge in [-0.2, -0.15) is 5.10 Å². The first kappa shape index (κ1) is 20.7. The summed E-state index contributed by atoms with van der Waals surface area (Å²) in [5.41, 5.74) is 3.57. The molecule has 3 aromatic heterocycles. The van der Waals surface area contributed by atoms with Crippen LogP contribution in [0, 0.1) is 13.8 Å². The van der Waals surface area contributed by atoms with Gasteiger partial charge >= 0.3 is 5.97 Å². The molecule has 0 aliphatic heterocycles. The van der Waals surface area contributed by atoms with Gasteiger partial charge in [-0.1, -0.05) is 13.3 Å². The number of carbonyl (C=O) groups is 1. The summed E-state index contributed by atoms with van der Waals surface area (Å²) >= 11 is 0. The predicted octanol–water partition coefficient (Wildman–Crippen LogP) is 5.47. The Bertz CT molecular complexity index is 1220. The minimum atomic E-state index is -0.432. The predicted molar refractivity (Wildman–Crippen MR) is 118 cm³/mol. The third kappa shape index (κ3) is 3.91. The Morgan fingerprint density at radius 2 is 1.90 bits per heavy atom. The third-order valence-corrected chi connectivity index (χ3v) is 5.17. The summed E-state index contributed by atoms with van der Waals surface area (Å²) in [4.78, 5) is 18.1. The molecular formula is C24H25N3O4. The molecule has 7 nitrogen and oxygen atoms in total. The summed E-state index contributed by atoms with van der Waals surface area (Å²) in [7, 11) is 1.61. The van der Waals surface area contributed by atoms with Gasteiger partial charge in [0.15, 0.2) is 5.65 Å². The van der Waals surface area contributed by atoms with E-state index in [1.54, 1.807) is 7.11 Å². The Morgan fingerprint density at radius 1 is 1.13 bits per heavy atom. The molecule has 160 valence electrons. The lowest BCUT2D eigenvalue weighted by molar-refractivity contribution is 0.0501. The number of aromatic nitrogens is 3. The Labute approximate surface area is 180 Å². The lowest BCUT2D eigenvalue weighted by Gasteiger charge is -2.14. The number of methoxy groups -OCH3 is 1. The fraction of sp³-hybridized carbons (Fsp3) is 0.292. The number of aromatic amines is 1. The van der Waals surface area contributed by atoms with E-state index in [1.807, 2.05) is 50.2 Å². The van der Waals surface area contributed by atoms with Crippen molar-refractivity contribution in [2.45, 2.75) is 33.6 Å². The fourth-order valence-corrected chi connectivity index (χ4v) is 3.55. The molecule has 0 saturated heterocycles. The summed E-state index contributed by atoms with van der Waals surface area (Å²) in [5, 5.41) is 8.08. The highest BCUT2D eigenvalue weighted by atomic mass is 16.5. The molecule has 0 aliphatic rings. The topological polar surface area (TPSA) is 90.2 Å². The number of H-pyrrole nitrogens is 1. The zero-order valence-electron chi connectivity index (χ0n) is 18.1. The van der Waals surface area contributed by atoms with Gasteiger partial charge in [0, 0.05) is 16.8 Å². The van der Waals surface area contributed by atoms with Gasteiger partial charge in [-0.15, -0.1) is 0 Å². The zero-order valence-corrected chi connectivity index (χ0v) is 18.1. The highest BCUT2D eigenvalue weighted by molar-refractivity contribution is 6.10. The molecule has 0 radical (unpaired) electrons. The second-order valence-corrected chi connectivity index (χ2v) is 7.39. The number of nitrogens with zero attached hydrogens (tertiary/aromatic N) is 2. The van der Waals surface area contributed by atoms with Gasteiger partial charge in [0.1, 0.15) is 17.3 Å². The Hall–Kier alpha value is -3.61. The zero-order chi connectivity index (χ0) is 22.0. The molecule has 0 amide bonds. The minimum absolute atomic E-state index is 0.344. The Balaban J connectivity index is 2.01. The van der Waals surface area contributed by atoms with E-state index in [2.05, 4.69) is 17.1 Å². The first-order chi connectivity index (χ1) is 15.0. The quantitative estimate of drug-likeness (QED) is 0.316. The van der Waals surface area contributed by atoms with Crippen LogP contribution in [-0.2, 0) is 4.74 Å². The van der Waals surface area contributed by atoms with Gasteiger partial charge in [-0.05, 0) is 56.7 Å². The maximum absolute atomic E-state index is 13.4. The number of pyridine rings is 1.